The second-order valence-corrected chi connectivity index (χ2v) is 5.14. The van der Waals surface area contributed by atoms with Crippen LogP contribution in [0.5, 0.6) is 0 Å². The van der Waals surface area contributed by atoms with Crippen molar-refractivity contribution in [3.63, 3.8) is 0 Å². The third-order valence-electron chi connectivity index (χ3n) is 3.56. The van der Waals surface area contributed by atoms with Gasteiger partial charge in [-0.2, -0.15) is 0 Å². The molecule has 1 aliphatic rings. The Morgan fingerprint density at radius 2 is 1.94 bits per heavy atom. The number of aliphatic hydroxyl groups is 1. The summed E-state index contributed by atoms with van der Waals surface area (Å²) in [6.07, 6.45) is 8.38. The van der Waals surface area contributed by atoms with Gasteiger partial charge in [-0.05, 0) is 36.0 Å². The molecule has 0 amide bonds. The van der Waals surface area contributed by atoms with Crippen molar-refractivity contribution in [2.75, 3.05) is 6.61 Å². The first-order valence-electron chi connectivity index (χ1n) is 6.37. The first-order valence-corrected chi connectivity index (χ1v) is 6.75. The third-order valence-corrected chi connectivity index (χ3v) is 3.90. The summed E-state index contributed by atoms with van der Waals surface area (Å²) in [6, 6.07) is 7.80. The molecule has 1 saturated carbocycles. The molecule has 0 spiro atoms. The summed E-state index contributed by atoms with van der Waals surface area (Å²) in [5.74, 6) is 0.546. The second kappa shape index (κ2) is 6.23. The summed E-state index contributed by atoms with van der Waals surface area (Å²) in [5, 5.41) is 10.3. The van der Waals surface area contributed by atoms with Gasteiger partial charge in [0.15, 0.2) is 0 Å². The van der Waals surface area contributed by atoms with Crippen LogP contribution >= 0.6 is 11.6 Å². The smallest absolute Gasteiger partial charge is 0.0647 e. The lowest BCUT2D eigenvalue weighted by Crippen LogP contribution is -2.11. The molecule has 1 aromatic rings. The SMILES string of the molecule is OCC(=Cc1ccccc1Cl)C1CCCCC1. The fraction of sp³-hybridized carbons (Fsp3) is 0.467. The number of halogens is 1. The summed E-state index contributed by atoms with van der Waals surface area (Å²) in [6.45, 7) is 0.149. The van der Waals surface area contributed by atoms with Crippen LogP contribution in [0.1, 0.15) is 37.7 Å². The van der Waals surface area contributed by atoms with Crippen molar-refractivity contribution in [1.82, 2.24) is 0 Å². The molecule has 0 aliphatic heterocycles. The highest BCUT2D eigenvalue weighted by Gasteiger charge is 2.17. The Kier molecular flexibility index (Phi) is 4.64. The molecule has 92 valence electrons. The quantitative estimate of drug-likeness (QED) is 0.848. The van der Waals surface area contributed by atoms with Crippen LogP contribution in [0.2, 0.25) is 5.02 Å². The molecule has 1 N–H and O–H groups in total. The maximum atomic E-state index is 9.52. The standard InChI is InChI=1S/C15H19ClO/c16-15-9-5-4-8-13(15)10-14(11-17)12-6-2-1-3-7-12/h4-5,8-10,12,17H,1-3,6-7,11H2. The minimum atomic E-state index is 0.149. The Hall–Kier alpha value is -0.790. The van der Waals surface area contributed by atoms with E-state index >= 15 is 0 Å². The van der Waals surface area contributed by atoms with E-state index < -0.39 is 0 Å². The molecule has 0 atom stereocenters. The predicted octanol–water partition coefficient (Wildman–Crippen LogP) is 4.30. The Morgan fingerprint density at radius 3 is 2.59 bits per heavy atom. The molecule has 2 heteroatoms. The molecular formula is C15H19ClO. The fourth-order valence-corrected chi connectivity index (χ4v) is 2.75. The van der Waals surface area contributed by atoms with Gasteiger partial charge < -0.3 is 5.11 Å². The molecule has 0 bridgehead atoms. The Bertz CT molecular complexity index is 392. The lowest BCUT2D eigenvalue weighted by atomic mass is 9.83. The maximum Gasteiger partial charge on any atom is 0.0647 e. The van der Waals surface area contributed by atoms with Gasteiger partial charge in [0, 0.05) is 5.02 Å². The number of benzene rings is 1. The van der Waals surface area contributed by atoms with E-state index in [2.05, 4.69) is 6.08 Å². The number of hydrogen-bond donors (Lipinski definition) is 1. The van der Waals surface area contributed by atoms with Gasteiger partial charge in [0.05, 0.1) is 6.61 Å². The molecule has 0 saturated heterocycles. The van der Waals surface area contributed by atoms with Crippen molar-refractivity contribution in [2.24, 2.45) is 5.92 Å². The summed E-state index contributed by atoms with van der Waals surface area (Å²) < 4.78 is 0. The van der Waals surface area contributed by atoms with Crippen LogP contribution in [-0.4, -0.2) is 11.7 Å². The van der Waals surface area contributed by atoms with E-state index in [0.29, 0.717) is 5.92 Å². The number of aliphatic hydroxyl groups excluding tert-OH is 1. The van der Waals surface area contributed by atoms with Gasteiger partial charge in [0.2, 0.25) is 0 Å². The average molecular weight is 251 g/mol. The van der Waals surface area contributed by atoms with Gasteiger partial charge in [-0.1, -0.05) is 55.1 Å². The molecule has 0 aromatic heterocycles. The zero-order valence-corrected chi connectivity index (χ0v) is 10.8. The Balaban J connectivity index is 2.19. The van der Waals surface area contributed by atoms with Gasteiger partial charge in [-0.3, -0.25) is 0 Å². The van der Waals surface area contributed by atoms with Crippen LogP contribution < -0.4 is 0 Å². The first kappa shape index (κ1) is 12.7. The van der Waals surface area contributed by atoms with E-state index in [1.54, 1.807) is 0 Å². The van der Waals surface area contributed by atoms with Crippen molar-refractivity contribution in [1.29, 1.82) is 0 Å². The molecule has 0 heterocycles. The Labute approximate surface area is 108 Å². The summed E-state index contributed by atoms with van der Waals surface area (Å²) in [4.78, 5) is 0. The van der Waals surface area contributed by atoms with E-state index in [-0.39, 0.29) is 6.61 Å². The van der Waals surface area contributed by atoms with Crippen molar-refractivity contribution >= 4 is 17.7 Å². The van der Waals surface area contributed by atoms with Crippen molar-refractivity contribution in [3.8, 4) is 0 Å². The van der Waals surface area contributed by atoms with Crippen LogP contribution in [0.25, 0.3) is 6.08 Å². The van der Waals surface area contributed by atoms with Crippen molar-refractivity contribution in [2.45, 2.75) is 32.1 Å². The molecule has 1 aliphatic carbocycles. The maximum absolute atomic E-state index is 9.52. The highest BCUT2D eigenvalue weighted by atomic mass is 35.5. The van der Waals surface area contributed by atoms with Crippen LogP contribution in [0.4, 0.5) is 0 Å². The van der Waals surface area contributed by atoms with E-state index in [4.69, 9.17) is 11.6 Å². The van der Waals surface area contributed by atoms with Crippen LogP contribution in [0.3, 0.4) is 0 Å². The highest BCUT2D eigenvalue weighted by Crippen LogP contribution is 2.31. The highest BCUT2D eigenvalue weighted by molar-refractivity contribution is 6.32. The van der Waals surface area contributed by atoms with E-state index in [0.717, 1.165) is 16.2 Å². The van der Waals surface area contributed by atoms with Crippen molar-refractivity contribution in [3.05, 3.63) is 40.4 Å². The number of rotatable bonds is 3. The lowest BCUT2D eigenvalue weighted by Gasteiger charge is -2.23. The topological polar surface area (TPSA) is 20.2 Å². The largest absolute Gasteiger partial charge is 0.392 e. The molecule has 1 aromatic carbocycles. The van der Waals surface area contributed by atoms with Gasteiger partial charge >= 0.3 is 0 Å². The van der Waals surface area contributed by atoms with Crippen LogP contribution in [0, 0.1) is 5.92 Å². The van der Waals surface area contributed by atoms with Crippen LogP contribution in [-0.2, 0) is 0 Å². The lowest BCUT2D eigenvalue weighted by molar-refractivity contribution is 0.295. The zero-order chi connectivity index (χ0) is 12.1. The average Bonchev–Trinajstić information content (AvgIpc) is 2.39. The van der Waals surface area contributed by atoms with Gasteiger partial charge in [0.1, 0.15) is 0 Å². The monoisotopic (exact) mass is 250 g/mol. The minimum absolute atomic E-state index is 0.149. The van der Waals surface area contributed by atoms with Gasteiger partial charge in [-0.15, -0.1) is 0 Å². The van der Waals surface area contributed by atoms with Gasteiger partial charge in [-0.25, -0.2) is 0 Å². The van der Waals surface area contributed by atoms with Gasteiger partial charge in [0.25, 0.3) is 0 Å². The number of hydrogen-bond acceptors (Lipinski definition) is 1. The normalized spacial score (nSPS) is 18.4. The predicted molar refractivity (Wildman–Crippen MR) is 73.1 cm³/mol. The Morgan fingerprint density at radius 1 is 1.24 bits per heavy atom. The summed E-state index contributed by atoms with van der Waals surface area (Å²) in [5.41, 5.74) is 2.15. The molecule has 1 nitrogen and oxygen atoms in total. The zero-order valence-electron chi connectivity index (χ0n) is 10.0. The molecule has 1 fully saturated rings. The molecule has 17 heavy (non-hydrogen) atoms. The van der Waals surface area contributed by atoms with E-state index in [1.807, 2.05) is 24.3 Å². The molecule has 0 unspecified atom stereocenters. The molecular weight excluding hydrogens is 232 g/mol. The first-order chi connectivity index (χ1) is 8.31. The summed E-state index contributed by atoms with van der Waals surface area (Å²) in [7, 11) is 0. The molecule has 2 rings (SSSR count). The third kappa shape index (κ3) is 3.34. The fourth-order valence-electron chi connectivity index (χ4n) is 2.56. The second-order valence-electron chi connectivity index (χ2n) is 4.73. The van der Waals surface area contributed by atoms with E-state index in [1.165, 1.54) is 32.1 Å². The molecule has 0 radical (unpaired) electrons. The summed E-state index contributed by atoms with van der Waals surface area (Å²) >= 11 is 6.14. The van der Waals surface area contributed by atoms with Crippen LogP contribution in [0.15, 0.2) is 29.8 Å². The van der Waals surface area contributed by atoms with Crippen molar-refractivity contribution < 1.29 is 5.11 Å². The minimum Gasteiger partial charge on any atom is -0.392 e. The van der Waals surface area contributed by atoms with E-state index in [9.17, 15) is 5.11 Å².